The summed E-state index contributed by atoms with van der Waals surface area (Å²) in [6.45, 7) is 0. The number of carbonyl (C=O) groups is 2. The molecule has 0 bridgehead atoms. The van der Waals surface area contributed by atoms with Crippen LogP contribution >= 0.6 is 31.9 Å². The molecule has 0 spiro atoms. The standard InChI is InChI=1S/2C4H5BrO2.Zn/c2*5-3-1-2-4(6)7;/h2*1-2H,3H2,(H,6,7);/b2*2-1+;. The predicted octanol–water partition coefficient (Wildman–Crippen LogP) is 2.04. The Balaban J connectivity index is -0.000000180. The Morgan fingerprint density at radius 2 is 1.20 bits per heavy atom. The van der Waals surface area contributed by atoms with Gasteiger partial charge in [-0.05, 0) is 0 Å². The number of alkyl halides is 2. The molecule has 7 heteroatoms. The van der Waals surface area contributed by atoms with Crippen LogP contribution in [0.25, 0.3) is 0 Å². The molecule has 0 heterocycles. The fourth-order valence-electron chi connectivity index (χ4n) is 0.291. The summed E-state index contributed by atoms with van der Waals surface area (Å²) >= 11 is 6.06. The molecule has 0 saturated carbocycles. The minimum atomic E-state index is -0.903. The number of aliphatic carboxylic acids is 2. The molecule has 0 rings (SSSR count). The second-order valence-electron chi connectivity index (χ2n) is 1.79. The van der Waals surface area contributed by atoms with Gasteiger partial charge in [-0.25, -0.2) is 9.59 Å². The van der Waals surface area contributed by atoms with E-state index in [0.717, 1.165) is 12.2 Å². The average Bonchev–Trinajstić information content (AvgIpc) is 2.12. The van der Waals surface area contributed by atoms with E-state index in [2.05, 4.69) is 31.9 Å². The van der Waals surface area contributed by atoms with E-state index in [9.17, 15) is 9.59 Å². The first-order valence-corrected chi connectivity index (χ1v) is 5.69. The van der Waals surface area contributed by atoms with Gasteiger partial charge in [0, 0.05) is 42.3 Å². The van der Waals surface area contributed by atoms with Crippen LogP contribution in [0.2, 0.25) is 0 Å². The molecule has 82 valence electrons. The van der Waals surface area contributed by atoms with Gasteiger partial charge in [-0.15, -0.1) is 0 Å². The van der Waals surface area contributed by atoms with Gasteiger partial charge in [-0.3, -0.25) is 0 Å². The van der Waals surface area contributed by atoms with E-state index in [4.69, 9.17) is 10.2 Å². The second-order valence-corrected chi connectivity index (χ2v) is 3.08. The van der Waals surface area contributed by atoms with E-state index in [1.165, 1.54) is 12.2 Å². The third kappa shape index (κ3) is 31.5. The van der Waals surface area contributed by atoms with Gasteiger partial charge in [-0.2, -0.15) is 0 Å². The van der Waals surface area contributed by atoms with Gasteiger partial charge in [-0.1, -0.05) is 44.0 Å². The maximum Gasteiger partial charge on any atom is 0.328 e. The van der Waals surface area contributed by atoms with Crippen LogP contribution < -0.4 is 0 Å². The Labute approximate surface area is 117 Å². The van der Waals surface area contributed by atoms with Crippen molar-refractivity contribution < 1.29 is 39.3 Å². The van der Waals surface area contributed by atoms with Crippen molar-refractivity contribution in [2.75, 3.05) is 10.7 Å². The first kappa shape index (κ1) is 20.4. The van der Waals surface area contributed by atoms with Crippen LogP contribution in [-0.4, -0.2) is 32.8 Å². The van der Waals surface area contributed by atoms with Gasteiger partial charge in [0.15, 0.2) is 0 Å². The zero-order valence-corrected chi connectivity index (χ0v) is 14.0. The third-order valence-electron chi connectivity index (χ3n) is 0.699. The summed E-state index contributed by atoms with van der Waals surface area (Å²) in [7, 11) is 0. The zero-order chi connectivity index (χ0) is 11.4. The van der Waals surface area contributed by atoms with E-state index in [1.807, 2.05) is 0 Å². The number of hydrogen-bond donors (Lipinski definition) is 2. The number of rotatable bonds is 4. The van der Waals surface area contributed by atoms with Gasteiger partial charge in [0.2, 0.25) is 0 Å². The van der Waals surface area contributed by atoms with Gasteiger partial charge in [0.05, 0.1) is 0 Å². The largest absolute Gasteiger partial charge is 0.478 e. The fourth-order valence-corrected chi connectivity index (χ4v) is 0.665. The van der Waals surface area contributed by atoms with E-state index in [1.54, 1.807) is 0 Å². The molecule has 0 radical (unpaired) electrons. The molecule has 0 aliphatic heterocycles. The predicted molar refractivity (Wildman–Crippen MR) is 61.1 cm³/mol. The van der Waals surface area contributed by atoms with Crippen LogP contribution in [0.5, 0.6) is 0 Å². The molecule has 0 aromatic carbocycles. The molecule has 15 heavy (non-hydrogen) atoms. The number of carboxylic acid groups (broad SMARTS) is 2. The summed E-state index contributed by atoms with van der Waals surface area (Å²) in [5.41, 5.74) is 0. The minimum absolute atomic E-state index is 0. The van der Waals surface area contributed by atoms with E-state index < -0.39 is 11.9 Å². The molecule has 4 nitrogen and oxygen atoms in total. The molecular formula is C8H10Br2O4Zn. The molecule has 0 aliphatic carbocycles. The third-order valence-corrected chi connectivity index (χ3v) is 1.45. The van der Waals surface area contributed by atoms with Gasteiger partial charge < -0.3 is 10.2 Å². The topological polar surface area (TPSA) is 74.6 Å². The van der Waals surface area contributed by atoms with Gasteiger partial charge in [0.25, 0.3) is 0 Å². The molecule has 0 unspecified atom stereocenters. The summed E-state index contributed by atoms with van der Waals surface area (Å²) in [5.74, 6) is -1.81. The van der Waals surface area contributed by atoms with Crippen molar-refractivity contribution in [2.24, 2.45) is 0 Å². The van der Waals surface area contributed by atoms with Crippen molar-refractivity contribution in [3.8, 4) is 0 Å². The Morgan fingerprint density at radius 1 is 0.933 bits per heavy atom. The number of hydrogen-bond acceptors (Lipinski definition) is 2. The second kappa shape index (κ2) is 16.4. The van der Waals surface area contributed by atoms with Crippen molar-refractivity contribution in [3.05, 3.63) is 24.3 Å². The zero-order valence-electron chi connectivity index (χ0n) is 7.90. The summed E-state index contributed by atoms with van der Waals surface area (Å²) < 4.78 is 0. The van der Waals surface area contributed by atoms with E-state index >= 15 is 0 Å². The number of halogens is 2. The normalized spacial score (nSPS) is 9.20. The maximum atomic E-state index is 9.65. The van der Waals surface area contributed by atoms with Crippen LogP contribution in [0.15, 0.2) is 24.3 Å². The van der Waals surface area contributed by atoms with Crippen molar-refractivity contribution >= 4 is 43.8 Å². The van der Waals surface area contributed by atoms with Gasteiger partial charge in [0.1, 0.15) is 0 Å². The Hall–Kier alpha value is 0.00338. The number of carboxylic acids is 2. The maximum absolute atomic E-state index is 9.65. The summed E-state index contributed by atoms with van der Waals surface area (Å²) in [6, 6.07) is 0. The van der Waals surface area contributed by atoms with Crippen LogP contribution in [0.3, 0.4) is 0 Å². The summed E-state index contributed by atoms with van der Waals surface area (Å²) in [5, 5.41) is 17.1. The van der Waals surface area contributed by atoms with Crippen molar-refractivity contribution in [1.82, 2.24) is 0 Å². The molecule has 0 aromatic rings. The first-order valence-electron chi connectivity index (χ1n) is 3.45. The minimum Gasteiger partial charge on any atom is -0.478 e. The van der Waals surface area contributed by atoms with E-state index in [0.29, 0.717) is 10.7 Å². The molecular weight excluding hydrogens is 385 g/mol. The molecule has 0 atom stereocenters. The van der Waals surface area contributed by atoms with Crippen LogP contribution in [0, 0.1) is 0 Å². The fraction of sp³-hybridized carbons (Fsp3) is 0.250. The quantitative estimate of drug-likeness (QED) is 0.434. The average molecular weight is 395 g/mol. The molecule has 0 aromatic heterocycles. The molecule has 0 saturated heterocycles. The van der Waals surface area contributed by atoms with Crippen molar-refractivity contribution in [3.63, 3.8) is 0 Å². The number of allylic oxidation sites excluding steroid dienone is 2. The van der Waals surface area contributed by atoms with Crippen LogP contribution in [0.1, 0.15) is 0 Å². The Morgan fingerprint density at radius 3 is 1.27 bits per heavy atom. The van der Waals surface area contributed by atoms with Crippen molar-refractivity contribution in [1.29, 1.82) is 0 Å². The summed E-state index contributed by atoms with van der Waals surface area (Å²) in [4.78, 5) is 19.3. The summed E-state index contributed by atoms with van der Waals surface area (Å²) in [6.07, 6.45) is 5.22. The van der Waals surface area contributed by atoms with E-state index in [-0.39, 0.29) is 19.5 Å². The van der Waals surface area contributed by atoms with Crippen LogP contribution in [-0.2, 0) is 29.1 Å². The molecule has 0 fully saturated rings. The smallest absolute Gasteiger partial charge is 0.328 e. The molecule has 2 N–H and O–H groups in total. The monoisotopic (exact) mass is 392 g/mol. The Bertz CT molecular complexity index is 205. The van der Waals surface area contributed by atoms with Crippen molar-refractivity contribution in [2.45, 2.75) is 0 Å². The molecule has 0 amide bonds. The van der Waals surface area contributed by atoms with Gasteiger partial charge >= 0.3 is 11.9 Å². The molecule has 0 aliphatic rings. The Kier molecular flexibility index (Phi) is 22.4. The first-order chi connectivity index (χ1) is 6.54. The van der Waals surface area contributed by atoms with Crippen LogP contribution in [0.4, 0.5) is 0 Å². The SMILES string of the molecule is O=C(O)/C=C/CBr.O=C(O)/C=C/CBr.[Zn].